The maximum atomic E-state index is 12.4. The summed E-state index contributed by atoms with van der Waals surface area (Å²) in [5.41, 5.74) is -0.886. The minimum absolute atomic E-state index is 0.0154. The van der Waals surface area contributed by atoms with Crippen molar-refractivity contribution in [2.24, 2.45) is 10.8 Å². The van der Waals surface area contributed by atoms with Gasteiger partial charge in [0, 0.05) is 5.41 Å². The van der Waals surface area contributed by atoms with Gasteiger partial charge in [0.2, 0.25) is 0 Å². The van der Waals surface area contributed by atoms with Gasteiger partial charge in [-0.15, -0.1) is 5.75 Å². The normalized spacial score (nSPS) is 12.2. The third-order valence-corrected chi connectivity index (χ3v) is 3.91. The first kappa shape index (κ1) is 18.0. The van der Waals surface area contributed by atoms with Crippen LogP contribution in [0.1, 0.15) is 45.0 Å². The zero-order valence-corrected chi connectivity index (χ0v) is 14.8. The summed E-state index contributed by atoms with van der Waals surface area (Å²) in [6, 6.07) is 9.76. The van der Waals surface area contributed by atoms with E-state index in [-0.39, 0.29) is 18.1 Å². The Balaban J connectivity index is 2.14. The molecule has 0 fully saturated rings. The van der Waals surface area contributed by atoms with Crippen LogP contribution in [0.5, 0.6) is 5.75 Å². The van der Waals surface area contributed by atoms with Crippen LogP contribution in [0.2, 0.25) is 0 Å². The van der Waals surface area contributed by atoms with Crippen LogP contribution in [0, 0.1) is 10.8 Å². The van der Waals surface area contributed by atoms with E-state index >= 15 is 0 Å². The second-order valence-electron chi connectivity index (χ2n) is 7.76. The van der Waals surface area contributed by atoms with Crippen molar-refractivity contribution in [2.45, 2.75) is 34.6 Å². The Morgan fingerprint density at radius 3 is 2.21 bits per heavy atom. The summed E-state index contributed by atoms with van der Waals surface area (Å²) >= 11 is 0. The molecule has 2 aromatic carbocycles. The van der Waals surface area contributed by atoms with Crippen molar-refractivity contribution >= 4 is 22.5 Å². The lowest BCUT2D eigenvalue weighted by Gasteiger charge is -2.30. The summed E-state index contributed by atoms with van der Waals surface area (Å²) in [7, 11) is 0. The smallest absolute Gasteiger partial charge is 0.338 e. The first-order valence-electron chi connectivity index (χ1n) is 7.93. The lowest BCUT2D eigenvalue weighted by Crippen LogP contribution is -2.38. The molecule has 0 saturated heterocycles. The van der Waals surface area contributed by atoms with E-state index < -0.39 is 16.8 Å². The number of hydrogen-bond donors (Lipinski definition) is 0. The molecule has 0 aromatic heterocycles. The molecule has 0 aliphatic carbocycles. The third-order valence-electron chi connectivity index (χ3n) is 3.91. The molecule has 128 valence electrons. The van der Waals surface area contributed by atoms with Crippen molar-refractivity contribution < 1.29 is 19.4 Å². The highest BCUT2D eigenvalue weighted by Gasteiger charge is 2.37. The molecule has 0 radical (unpaired) electrons. The summed E-state index contributed by atoms with van der Waals surface area (Å²) in [5, 5.41) is 13.0. The van der Waals surface area contributed by atoms with Gasteiger partial charge in [0.05, 0.1) is 11.0 Å². The van der Waals surface area contributed by atoms with E-state index in [4.69, 9.17) is 4.74 Å². The number of rotatable bonds is 4. The highest BCUT2D eigenvalue weighted by atomic mass is 16.5. The molecule has 24 heavy (non-hydrogen) atoms. The highest BCUT2D eigenvalue weighted by molar-refractivity contribution is 5.96. The number of fused-ring (bicyclic) bond motifs is 1. The predicted molar refractivity (Wildman–Crippen MR) is 91.9 cm³/mol. The Morgan fingerprint density at radius 1 is 0.958 bits per heavy atom. The van der Waals surface area contributed by atoms with Gasteiger partial charge in [0.1, 0.15) is 12.4 Å². The van der Waals surface area contributed by atoms with Crippen molar-refractivity contribution in [2.75, 3.05) is 6.61 Å². The number of Topliss-reactive ketones (excluding diaryl/α,β-unsaturated/α-hetero) is 1. The van der Waals surface area contributed by atoms with E-state index in [0.717, 1.165) is 5.39 Å². The summed E-state index contributed by atoms with van der Waals surface area (Å²) < 4.78 is 5.35. The number of hydrogen-bond acceptors (Lipinski definition) is 4. The average Bonchev–Trinajstić information content (AvgIpc) is 2.50. The molecule has 0 aliphatic heterocycles. The van der Waals surface area contributed by atoms with Crippen LogP contribution in [0.25, 0.3) is 10.8 Å². The molecule has 0 N–H and O–H groups in total. The highest BCUT2D eigenvalue weighted by Crippen LogP contribution is 2.29. The van der Waals surface area contributed by atoms with Crippen LogP contribution >= 0.6 is 0 Å². The molecule has 4 heteroatoms. The zero-order valence-electron chi connectivity index (χ0n) is 14.8. The molecule has 0 unspecified atom stereocenters. The average molecular weight is 327 g/mol. The first-order valence-corrected chi connectivity index (χ1v) is 7.93. The molecule has 2 aromatic rings. The second-order valence-corrected chi connectivity index (χ2v) is 7.76. The Morgan fingerprint density at radius 2 is 1.58 bits per heavy atom. The van der Waals surface area contributed by atoms with Crippen LogP contribution in [0.15, 0.2) is 36.4 Å². The molecule has 0 amide bonds. The largest absolute Gasteiger partial charge is 0.872 e. The standard InChI is InChI=1S/C20H24O4/c1-19(2,3)18(23)20(4,5)12-24-17(22)14-7-6-13-8-9-16(21)11-15(13)10-14/h6-11,21H,12H2,1-5H3/p-1. The number of benzene rings is 2. The van der Waals surface area contributed by atoms with Gasteiger partial charge in [-0.1, -0.05) is 45.0 Å². The number of carbonyl (C=O) groups excluding carboxylic acids is 2. The van der Waals surface area contributed by atoms with E-state index in [1.54, 1.807) is 38.1 Å². The van der Waals surface area contributed by atoms with Gasteiger partial charge in [-0.3, -0.25) is 4.79 Å². The quantitative estimate of drug-likeness (QED) is 0.803. The molecular weight excluding hydrogens is 304 g/mol. The van der Waals surface area contributed by atoms with Gasteiger partial charge >= 0.3 is 5.97 Å². The zero-order chi connectivity index (χ0) is 18.1. The molecule has 0 spiro atoms. The van der Waals surface area contributed by atoms with Crippen LogP contribution in [-0.2, 0) is 9.53 Å². The maximum Gasteiger partial charge on any atom is 0.338 e. The van der Waals surface area contributed by atoms with Crippen molar-refractivity contribution in [3.8, 4) is 5.75 Å². The molecule has 0 atom stereocenters. The fourth-order valence-corrected chi connectivity index (χ4v) is 2.76. The fourth-order valence-electron chi connectivity index (χ4n) is 2.76. The molecule has 0 saturated carbocycles. The molecule has 0 heterocycles. The molecule has 4 nitrogen and oxygen atoms in total. The number of ketones is 1. The summed E-state index contributed by atoms with van der Waals surface area (Å²) in [6.07, 6.45) is 0. The van der Waals surface area contributed by atoms with Crippen LogP contribution in [0.4, 0.5) is 0 Å². The van der Waals surface area contributed by atoms with Crippen LogP contribution in [-0.4, -0.2) is 18.4 Å². The van der Waals surface area contributed by atoms with Gasteiger partial charge in [0.15, 0.2) is 0 Å². The van der Waals surface area contributed by atoms with Crippen LogP contribution in [0.3, 0.4) is 0 Å². The van der Waals surface area contributed by atoms with E-state index in [1.165, 1.54) is 12.1 Å². The van der Waals surface area contributed by atoms with Gasteiger partial charge in [-0.25, -0.2) is 4.79 Å². The lowest BCUT2D eigenvalue weighted by atomic mass is 9.75. The molecule has 0 bridgehead atoms. The SMILES string of the molecule is CC(C)(C)C(=O)C(C)(C)COC(=O)c1ccc2ccc([O-])cc2c1. The van der Waals surface area contributed by atoms with Gasteiger partial charge < -0.3 is 9.84 Å². The fraction of sp³-hybridized carbons (Fsp3) is 0.400. The predicted octanol–water partition coefficient (Wildman–Crippen LogP) is 3.71. The number of ether oxygens (including phenoxy) is 1. The Labute approximate surface area is 142 Å². The van der Waals surface area contributed by atoms with Crippen molar-refractivity contribution in [3.05, 3.63) is 42.0 Å². The summed E-state index contributed by atoms with van der Waals surface area (Å²) in [5.74, 6) is -0.565. The second kappa shape index (κ2) is 6.27. The van der Waals surface area contributed by atoms with E-state index in [9.17, 15) is 14.7 Å². The monoisotopic (exact) mass is 327 g/mol. The summed E-state index contributed by atoms with van der Waals surface area (Å²) in [6.45, 7) is 9.12. The Hall–Kier alpha value is -2.36. The minimum Gasteiger partial charge on any atom is -0.872 e. The third kappa shape index (κ3) is 3.94. The van der Waals surface area contributed by atoms with Gasteiger partial charge in [-0.2, -0.15) is 0 Å². The molecule has 0 aliphatic rings. The van der Waals surface area contributed by atoms with Gasteiger partial charge in [-0.05, 0) is 36.8 Å². The summed E-state index contributed by atoms with van der Waals surface area (Å²) in [4.78, 5) is 24.7. The molecular formula is C20H23O4-. The topological polar surface area (TPSA) is 66.4 Å². The van der Waals surface area contributed by atoms with Crippen molar-refractivity contribution in [3.63, 3.8) is 0 Å². The Bertz CT molecular complexity index is 782. The van der Waals surface area contributed by atoms with Crippen molar-refractivity contribution in [1.29, 1.82) is 0 Å². The van der Waals surface area contributed by atoms with E-state index in [2.05, 4.69) is 0 Å². The molecule has 2 rings (SSSR count). The van der Waals surface area contributed by atoms with Crippen molar-refractivity contribution in [1.82, 2.24) is 0 Å². The van der Waals surface area contributed by atoms with E-state index in [0.29, 0.717) is 10.9 Å². The number of esters is 1. The maximum absolute atomic E-state index is 12.4. The minimum atomic E-state index is -0.757. The lowest BCUT2D eigenvalue weighted by molar-refractivity contribution is -0.268. The van der Waals surface area contributed by atoms with Gasteiger partial charge in [0.25, 0.3) is 0 Å². The first-order chi connectivity index (χ1) is 11.0. The van der Waals surface area contributed by atoms with Crippen LogP contribution < -0.4 is 5.11 Å². The van der Waals surface area contributed by atoms with E-state index in [1.807, 2.05) is 20.8 Å². The number of carbonyl (C=O) groups is 2. The Kier molecular flexibility index (Phi) is 4.70.